The molecule has 17 heavy (non-hydrogen) atoms. The van der Waals surface area contributed by atoms with E-state index in [4.69, 9.17) is 9.78 Å². The lowest BCUT2D eigenvalue weighted by Crippen LogP contribution is -1.90. The molecule has 0 aromatic carbocycles. The lowest BCUT2D eigenvalue weighted by Gasteiger charge is -1.98. The standard InChI is InChI=1S/C11H11N3OS2/c1-7(2)16-6-10-13-11(15-14-10)9-4-3-8(5-12)17-9/h3-4,7H,6H2,1-2H3. The van der Waals surface area contributed by atoms with Gasteiger partial charge in [-0.15, -0.1) is 11.3 Å². The quantitative estimate of drug-likeness (QED) is 0.848. The molecule has 0 N–H and O–H groups in total. The average molecular weight is 265 g/mol. The highest BCUT2D eigenvalue weighted by Gasteiger charge is 2.11. The third kappa shape index (κ3) is 3.08. The van der Waals surface area contributed by atoms with Crippen LogP contribution < -0.4 is 0 Å². The molecule has 0 aliphatic rings. The SMILES string of the molecule is CC(C)SCc1noc(-c2ccc(C#N)s2)n1. The summed E-state index contributed by atoms with van der Waals surface area (Å²) in [5.74, 6) is 1.94. The Kier molecular flexibility index (Phi) is 3.82. The zero-order valence-corrected chi connectivity index (χ0v) is 11.1. The second-order valence-electron chi connectivity index (χ2n) is 3.65. The van der Waals surface area contributed by atoms with E-state index in [0.717, 1.165) is 10.6 Å². The summed E-state index contributed by atoms with van der Waals surface area (Å²) >= 11 is 3.13. The van der Waals surface area contributed by atoms with E-state index in [1.54, 1.807) is 17.8 Å². The molecule has 88 valence electrons. The number of hydrogen-bond donors (Lipinski definition) is 0. The maximum absolute atomic E-state index is 8.74. The predicted molar refractivity (Wildman–Crippen MR) is 68.8 cm³/mol. The Labute approximate surface area is 108 Å². The first-order valence-corrected chi connectivity index (χ1v) is 7.00. The van der Waals surface area contributed by atoms with Crippen molar-refractivity contribution in [3.63, 3.8) is 0 Å². The van der Waals surface area contributed by atoms with Crippen LogP contribution in [0, 0.1) is 11.3 Å². The van der Waals surface area contributed by atoms with Crippen LogP contribution in [0.25, 0.3) is 10.8 Å². The maximum atomic E-state index is 8.74. The Balaban J connectivity index is 2.10. The topological polar surface area (TPSA) is 62.7 Å². The number of aromatic nitrogens is 2. The third-order valence-corrected chi connectivity index (χ3v) is 4.01. The highest BCUT2D eigenvalue weighted by atomic mass is 32.2. The van der Waals surface area contributed by atoms with Crippen molar-refractivity contribution >= 4 is 23.1 Å². The smallest absolute Gasteiger partial charge is 0.268 e. The van der Waals surface area contributed by atoms with Crippen LogP contribution >= 0.6 is 23.1 Å². The normalized spacial score (nSPS) is 10.7. The fourth-order valence-electron chi connectivity index (χ4n) is 1.17. The van der Waals surface area contributed by atoms with Gasteiger partial charge in [0.2, 0.25) is 0 Å². The number of thiophene rings is 1. The predicted octanol–water partition coefficient (Wildman–Crippen LogP) is 3.31. The average Bonchev–Trinajstić information content (AvgIpc) is 2.94. The van der Waals surface area contributed by atoms with Crippen molar-refractivity contribution in [3.8, 4) is 16.8 Å². The molecule has 0 unspecified atom stereocenters. The molecule has 0 saturated heterocycles. The van der Waals surface area contributed by atoms with Crippen molar-refractivity contribution in [3.05, 3.63) is 22.8 Å². The van der Waals surface area contributed by atoms with Gasteiger partial charge in [-0.1, -0.05) is 19.0 Å². The molecule has 0 aliphatic heterocycles. The number of hydrogen-bond acceptors (Lipinski definition) is 6. The minimum absolute atomic E-state index is 0.496. The van der Waals surface area contributed by atoms with Gasteiger partial charge in [0.1, 0.15) is 10.9 Å². The van der Waals surface area contributed by atoms with E-state index in [1.807, 2.05) is 6.07 Å². The molecule has 0 fully saturated rings. The second-order valence-corrected chi connectivity index (χ2v) is 6.30. The highest BCUT2D eigenvalue weighted by molar-refractivity contribution is 7.99. The van der Waals surface area contributed by atoms with Gasteiger partial charge in [0.15, 0.2) is 5.82 Å². The summed E-state index contributed by atoms with van der Waals surface area (Å²) in [7, 11) is 0. The Bertz CT molecular complexity index is 539. The molecule has 6 heteroatoms. The maximum Gasteiger partial charge on any atom is 0.268 e. The number of rotatable bonds is 4. The summed E-state index contributed by atoms with van der Waals surface area (Å²) in [6, 6.07) is 5.67. The van der Waals surface area contributed by atoms with Crippen molar-refractivity contribution in [1.29, 1.82) is 5.26 Å². The van der Waals surface area contributed by atoms with E-state index in [-0.39, 0.29) is 0 Å². The van der Waals surface area contributed by atoms with Gasteiger partial charge >= 0.3 is 0 Å². The minimum atomic E-state index is 0.496. The van der Waals surface area contributed by atoms with Crippen LogP contribution in [0.3, 0.4) is 0 Å². The lowest BCUT2D eigenvalue weighted by atomic mass is 10.4. The first-order valence-electron chi connectivity index (χ1n) is 5.13. The summed E-state index contributed by atoms with van der Waals surface area (Å²) < 4.78 is 5.17. The number of nitriles is 1. The van der Waals surface area contributed by atoms with Crippen molar-refractivity contribution < 1.29 is 4.52 Å². The van der Waals surface area contributed by atoms with Crippen LogP contribution in [-0.4, -0.2) is 15.4 Å². The Morgan fingerprint density at radius 2 is 2.35 bits per heavy atom. The molecule has 4 nitrogen and oxygen atoms in total. The fourth-order valence-corrected chi connectivity index (χ4v) is 2.49. The first kappa shape index (κ1) is 12.1. The van der Waals surface area contributed by atoms with E-state index >= 15 is 0 Å². The van der Waals surface area contributed by atoms with E-state index in [2.05, 4.69) is 30.1 Å². The molecule has 2 aromatic heterocycles. The van der Waals surface area contributed by atoms with Crippen molar-refractivity contribution in [2.75, 3.05) is 0 Å². The van der Waals surface area contributed by atoms with Crippen LogP contribution in [-0.2, 0) is 5.75 Å². The molecule has 2 heterocycles. The molecule has 0 amide bonds. The summed E-state index contributed by atoms with van der Waals surface area (Å²) in [5, 5.41) is 13.2. The zero-order chi connectivity index (χ0) is 12.3. The van der Waals surface area contributed by atoms with E-state index in [1.165, 1.54) is 11.3 Å². The number of nitrogens with zero attached hydrogens (tertiary/aromatic N) is 3. The molecule has 0 atom stereocenters. The second kappa shape index (κ2) is 5.34. The minimum Gasteiger partial charge on any atom is -0.333 e. The Morgan fingerprint density at radius 1 is 1.53 bits per heavy atom. The van der Waals surface area contributed by atoms with Gasteiger partial charge in [0, 0.05) is 0 Å². The number of thioether (sulfide) groups is 1. The molecule has 0 spiro atoms. The van der Waals surface area contributed by atoms with Gasteiger partial charge in [-0.25, -0.2) is 0 Å². The molecule has 2 rings (SSSR count). The molecule has 0 aliphatic carbocycles. The molecule has 0 radical (unpaired) electrons. The summed E-state index contributed by atoms with van der Waals surface area (Å²) in [6.07, 6.45) is 0. The van der Waals surface area contributed by atoms with Crippen molar-refractivity contribution in [2.24, 2.45) is 0 Å². The van der Waals surface area contributed by atoms with E-state index < -0.39 is 0 Å². The van der Waals surface area contributed by atoms with Gasteiger partial charge < -0.3 is 4.52 Å². The van der Waals surface area contributed by atoms with Crippen LogP contribution in [0.1, 0.15) is 24.5 Å². The van der Waals surface area contributed by atoms with Gasteiger partial charge in [0.05, 0.1) is 10.6 Å². The largest absolute Gasteiger partial charge is 0.333 e. The van der Waals surface area contributed by atoms with Gasteiger partial charge in [0.25, 0.3) is 5.89 Å². The van der Waals surface area contributed by atoms with Crippen LogP contribution in [0.15, 0.2) is 16.7 Å². The first-order chi connectivity index (χ1) is 8.19. The van der Waals surface area contributed by atoms with Crippen molar-refractivity contribution in [1.82, 2.24) is 10.1 Å². The lowest BCUT2D eigenvalue weighted by molar-refractivity contribution is 0.426. The van der Waals surface area contributed by atoms with Gasteiger partial charge in [-0.3, -0.25) is 0 Å². The van der Waals surface area contributed by atoms with Gasteiger partial charge in [-0.05, 0) is 17.4 Å². The fraction of sp³-hybridized carbons (Fsp3) is 0.364. The van der Waals surface area contributed by atoms with Gasteiger partial charge in [-0.2, -0.15) is 22.0 Å². The van der Waals surface area contributed by atoms with E-state index in [0.29, 0.717) is 21.8 Å². The monoisotopic (exact) mass is 265 g/mol. The zero-order valence-electron chi connectivity index (χ0n) is 9.51. The molecule has 2 aromatic rings. The summed E-state index contributed by atoms with van der Waals surface area (Å²) in [4.78, 5) is 5.79. The van der Waals surface area contributed by atoms with Crippen LogP contribution in [0.5, 0.6) is 0 Å². The Morgan fingerprint density at radius 3 is 3.00 bits per heavy atom. The highest BCUT2D eigenvalue weighted by Crippen LogP contribution is 2.27. The molecular weight excluding hydrogens is 254 g/mol. The molecule has 0 bridgehead atoms. The van der Waals surface area contributed by atoms with E-state index in [9.17, 15) is 0 Å². The summed E-state index contributed by atoms with van der Waals surface area (Å²) in [6.45, 7) is 4.26. The summed E-state index contributed by atoms with van der Waals surface area (Å²) in [5.41, 5.74) is 0. The van der Waals surface area contributed by atoms with Crippen LogP contribution in [0.2, 0.25) is 0 Å². The van der Waals surface area contributed by atoms with Crippen LogP contribution in [0.4, 0.5) is 0 Å². The molecular formula is C11H11N3OS2. The van der Waals surface area contributed by atoms with Crippen molar-refractivity contribution in [2.45, 2.75) is 24.9 Å². The Hall–Kier alpha value is -1.32. The molecule has 0 saturated carbocycles. The third-order valence-electron chi connectivity index (χ3n) is 1.94.